The molecule has 2 N–H and O–H groups in total. The first-order chi connectivity index (χ1) is 7.84. The smallest absolute Gasteiger partial charge is 0.240 e. The Bertz CT molecular complexity index is 630. The zero-order valence-corrected chi connectivity index (χ0v) is 8.28. The first-order valence-corrected chi connectivity index (χ1v) is 4.71. The zero-order valence-electron chi connectivity index (χ0n) is 8.28. The van der Waals surface area contributed by atoms with Crippen molar-refractivity contribution in [2.45, 2.75) is 0 Å². The third kappa shape index (κ3) is 1.28. The maximum absolute atomic E-state index is 5.56. The summed E-state index contributed by atoms with van der Waals surface area (Å²) in [5.41, 5.74) is 8.07. The van der Waals surface area contributed by atoms with Crippen LogP contribution in [0.5, 0.6) is 0 Å². The fourth-order valence-corrected chi connectivity index (χ4v) is 1.59. The van der Waals surface area contributed by atoms with Crippen molar-refractivity contribution in [3.05, 3.63) is 37.1 Å². The number of pyridine rings is 1. The van der Waals surface area contributed by atoms with Crippen LogP contribution in [0.25, 0.3) is 16.8 Å². The maximum Gasteiger partial charge on any atom is 0.240 e. The van der Waals surface area contributed by atoms with Crippen molar-refractivity contribution in [1.82, 2.24) is 24.6 Å². The van der Waals surface area contributed by atoms with Crippen LogP contribution in [-0.4, -0.2) is 24.6 Å². The van der Waals surface area contributed by atoms with Crippen LogP contribution in [0.1, 0.15) is 0 Å². The standard InChI is InChI=1S/C10H8N6/c11-10-14-9-8(2-1-3-16(9)15-10)7-4-12-6-13-5-7/h1-6H,(H2,11,15). The molecule has 3 aromatic heterocycles. The molecule has 6 nitrogen and oxygen atoms in total. The van der Waals surface area contributed by atoms with Crippen molar-refractivity contribution < 1.29 is 0 Å². The van der Waals surface area contributed by atoms with Crippen LogP contribution in [0.4, 0.5) is 5.95 Å². The summed E-state index contributed by atoms with van der Waals surface area (Å²) in [6, 6.07) is 3.81. The Balaban J connectivity index is 2.31. The Labute approximate surface area is 90.8 Å². The highest BCUT2D eigenvalue weighted by molar-refractivity contribution is 5.76. The van der Waals surface area contributed by atoms with Gasteiger partial charge in [-0.05, 0) is 12.1 Å². The molecule has 0 radical (unpaired) electrons. The molecule has 0 aliphatic rings. The average Bonchev–Trinajstić information content (AvgIpc) is 2.70. The fraction of sp³-hybridized carbons (Fsp3) is 0. The lowest BCUT2D eigenvalue weighted by Crippen LogP contribution is -1.90. The molecule has 0 amide bonds. The summed E-state index contributed by atoms with van der Waals surface area (Å²) in [5, 5.41) is 4.04. The molecule has 0 fully saturated rings. The number of anilines is 1. The van der Waals surface area contributed by atoms with Gasteiger partial charge in [0.2, 0.25) is 5.95 Å². The summed E-state index contributed by atoms with van der Waals surface area (Å²) in [6.45, 7) is 0. The zero-order chi connectivity index (χ0) is 11.0. The molecule has 0 spiro atoms. The SMILES string of the molecule is Nc1nc2c(-c3cncnc3)cccn2n1. The van der Waals surface area contributed by atoms with Crippen LogP contribution in [0.3, 0.4) is 0 Å². The second-order valence-corrected chi connectivity index (χ2v) is 3.29. The van der Waals surface area contributed by atoms with Gasteiger partial charge in [0, 0.05) is 29.7 Å². The molecule has 0 bridgehead atoms. The van der Waals surface area contributed by atoms with Crippen molar-refractivity contribution in [2.24, 2.45) is 0 Å². The molecule has 0 saturated heterocycles. The summed E-state index contributed by atoms with van der Waals surface area (Å²) in [4.78, 5) is 12.1. The topological polar surface area (TPSA) is 82.0 Å². The summed E-state index contributed by atoms with van der Waals surface area (Å²) < 4.78 is 1.64. The number of nitrogens with zero attached hydrogens (tertiary/aromatic N) is 5. The van der Waals surface area contributed by atoms with E-state index in [0.29, 0.717) is 5.65 Å². The van der Waals surface area contributed by atoms with E-state index in [1.165, 1.54) is 6.33 Å². The molecule has 0 saturated carbocycles. The number of nitrogen functional groups attached to an aromatic ring is 1. The van der Waals surface area contributed by atoms with E-state index in [4.69, 9.17) is 5.73 Å². The molecule has 3 rings (SSSR count). The van der Waals surface area contributed by atoms with Gasteiger partial charge >= 0.3 is 0 Å². The first kappa shape index (κ1) is 8.78. The molecular formula is C10H8N6. The third-order valence-electron chi connectivity index (χ3n) is 2.25. The van der Waals surface area contributed by atoms with Crippen molar-refractivity contribution in [2.75, 3.05) is 5.73 Å². The summed E-state index contributed by atoms with van der Waals surface area (Å²) in [5.74, 6) is 0.254. The van der Waals surface area contributed by atoms with Gasteiger partial charge in [0.15, 0.2) is 5.65 Å². The molecule has 78 valence electrons. The van der Waals surface area contributed by atoms with E-state index in [2.05, 4.69) is 20.1 Å². The molecule has 0 aliphatic carbocycles. The molecule has 16 heavy (non-hydrogen) atoms. The second kappa shape index (κ2) is 3.27. The van der Waals surface area contributed by atoms with Gasteiger partial charge in [0.05, 0.1) is 0 Å². The van der Waals surface area contributed by atoms with Crippen LogP contribution < -0.4 is 5.73 Å². The molecule has 0 aromatic carbocycles. The van der Waals surface area contributed by atoms with Crippen molar-refractivity contribution in [1.29, 1.82) is 0 Å². The minimum atomic E-state index is 0.254. The van der Waals surface area contributed by atoms with E-state index < -0.39 is 0 Å². The molecule has 3 aromatic rings. The minimum absolute atomic E-state index is 0.254. The first-order valence-electron chi connectivity index (χ1n) is 4.71. The Hall–Kier alpha value is -2.50. The number of fused-ring (bicyclic) bond motifs is 1. The number of aromatic nitrogens is 5. The van der Waals surface area contributed by atoms with Crippen molar-refractivity contribution in [3.63, 3.8) is 0 Å². The van der Waals surface area contributed by atoms with Crippen LogP contribution in [0.2, 0.25) is 0 Å². The van der Waals surface area contributed by atoms with Gasteiger partial charge in [-0.1, -0.05) is 0 Å². The van der Waals surface area contributed by atoms with Crippen LogP contribution in [-0.2, 0) is 0 Å². The fourth-order valence-electron chi connectivity index (χ4n) is 1.59. The van der Waals surface area contributed by atoms with Crippen LogP contribution in [0, 0.1) is 0 Å². The van der Waals surface area contributed by atoms with Gasteiger partial charge in [0.25, 0.3) is 0 Å². The monoisotopic (exact) mass is 212 g/mol. The summed E-state index contributed by atoms with van der Waals surface area (Å²) >= 11 is 0. The van der Waals surface area contributed by atoms with E-state index >= 15 is 0 Å². The van der Waals surface area contributed by atoms with Gasteiger partial charge in [-0.3, -0.25) is 0 Å². The number of nitrogens with two attached hydrogens (primary N) is 1. The quantitative estimate of drug-likeness (QED) is 0.644. The number of hydrogen-bond donors (Lipinski definition) is 1. The van der Waals surface area contributed by atoms with Crippen LogP contribution >= 0.6 is 0 Å². The van der Waals surface area contributed by atoms with Crippen LogP contribution in [0.15, 0.2) is 37.1 Å². The Morgan fingerprint density at radius 3 is 2.81 bits per heavy atom. The minimum Gasteiger partial charge on any atom is -0.366 e. The molecule has 0 atom stereocenters. The molecule has 6 heteroatoms. The normalized spacial score (nSPS) is 10.8. The highest BCUT2D eigenvalue weighted by Crippen LogP contribution is 2.21. The van der Waals surface area contributed by atoms with E-state index in [1.807, 2.05) is 12.1 Å². The predicted octanol–water partition coefficient (Wildman–Crippen LogP) is 0.768. The van der Waals surface area contributed by atoms with E-state index in [-0.39, 0.29) is 5.95 Å². The van der Waals surface area contributed by atoms with Gasteiger partial charge < -0.3 is 5.73 Å². The Kier molecular flexibility index (Phi) is 1.79. The van der Waals surface area contributed by atoms with E-state index in [0.717, 1.165) is 11.1 Å². The summed E-state index contributed by atoms with van der Waals surface area (Å²) in [7, 11) is 0. The van der Waals surface area contributed by atoms with Crippen molar-refractivity contribution >= 4 is 11.6 Å². The Morgan fingerprint density at radius 1 is 1.19 bits per heavy atom. The Morgan fingerprint density at radius 2 is 2.00 bits per heavy atom. The third-order valence-corrected chi connectivity index (χ3v) is 2.25. The predicted molar refractivity (Wildman–Crippen MR) is 58.4 cm³/mol. The molecule has 3 heterocycles. The average molecular weight is 212 g/mol. The number of hydrogen-bond acceptors (Lipinski definition) is 5. The lowest BCUT2D eigenvalue weighted by atomic mass is 10.1. The molecule has 0 aliphatic heterocycles. The second-order valence-electron chi connectivity index (χ2n) is 3.29. The number of rotatable bonds is 1. The van der Waals surface area contributed by atoms with E-state index in [1.54, 1.807) is 23.1 Å². The van der Waals surface area contributed by atoms with E-state index in [9.17, 15) is 0 Å². The molecular weight excluding hydrogens is 204 g/mol. The van der Waals surface area contributed by atoms with Gasteiger partial charge in [0.1, 0.15) is 6.33 Å². The lowest BCUT2D eigenvalue weighted by molar-refractivity contribution is 0.968. The van der Waals surface area contributed by atoms with Gasteiger partial charge in [-0.25, -0.2) is 14.5 Å². The van der Waals surface area contributed by atoms with Gasteiger partial charge in [-0.2, -0.15) is 4.98 Å². The molecule has 0 unspecified atom stereocenters. The van der Waals surface area contributed by atoms with Crippen molar-refractivity contribution in [3.8, 4) is 11.1 Å². The van der Waals surface area contributed by atoms with Gasteiger partial charge in [-0.15, -0.1) is 5.10 Å². The highest BCUT2D eigenvalue weighted by Gasteiger charge is 2.07. The lowest BCUT2D eigenvalue weighted by Gasteiger charge is -2.00. The maximum atomic E-state index is 5.56. The highest BCUT2D eigenvalue weighted by atomic mass is 15.3. The largest absolute Gasteiger partial charge is 0.366 e. The summed E-state index contributed by atoms with van der Waals surface area (Å²) in [6.07, 6.45) is 6.74.